The average Bonchev–Trinajstić information content (AvgIpc) is 2.61. The van der Waals surface area contributed by atoms with Crippen LogP contribution in [0.25, 0.3) is 0 Å². The monoisotopic (exact) mass is 404 g/mol. The summed E-state index contributed by atoms with van der Waals surface area (Å²) in [6.45, 7) is 0. The van der Waals surface area contributed by atoms with Gasteiger partial charge in [-0.2, -0.15) is 8.78 Å². The van der Waals surface area contributed by atoms with Gasteiger partial charge in [-0.3, -0.25) is 0 Å². The van der Waals surface area contributed by atoms with Crippen LogP contribution in [0.1, 0.15) is 22.8 Å². The second-order valence-electron chi connectivity index (χ2n) is 6.17. The van der Waals surface area contributed by atoms with Crippen LogP contribution < -0.4 is 0 Å². The molecular formula is C18H16Cl2F2O4. The standard InChI is InChI=1S/C18H16Cl2F2O4/c19-12-4-1-9(2-5-12)7-11-8-10(3-6-13(11)20)15-14(23)16(24)18(21,22)17(25)26-15/h1-6,8,14-17,23-25H,7H2/t14-,15-,16+,17-/m0/s1. The summed E-state index contributed by atoms with van der Waals surface area (Å²) in [6.07, 6.45) is -7.76. The molecule has 0 radical (unpaired) electrons. The molecule has 3 rings (SSSR count). The van der Waals surface area contributed by atoms with Gasteiger partial charge in [0.2, 0.25) is 6.29 Å². The van der Waals surface area contributed by atoms with E-state index in [2.05, 4.69) is 0 Å². The fraction of sp³-hybridized carbons (Fsp3) is 0.333. The number of benzene rings is 2. The zero-order chi connectivity index (χ0) is 19.1. The highest BCUT2D eigenvalue weighted by molar-refractivity contribution is 6.31. The van der Waals surface area contributed by atoms with Crippen molar-refractivity contribution >= 4 is 23.2 Å². The summed E-state index contributed by atoms with van der Waals surface area (Å²) in [5.74, 6) is -3.96. The van der Waals surface area contributed by atoms with Gasteiger partial charge in [-0.25, -0.2) is 0 Å². The second kappa shape index (κ2) is 7.38. The third-order valence-electron chi connectivity index (χ3n) is 4.34. The molecule has 4 nitrogen and oxygen atoms in total. The Kier molecular flexibility index (Phi) is 5.53. The third-order valence-corrected chi connectivity index (χ3v) is 4.96. The van der Waals surface area contributed by atoms with Crippen molar-refractivity contribution in [1.82, 2.24) is 0 Å². The lowest BCUT2D eigenvalue weighted by atomic mass is 9.91. The largest absolute Gasteiger partial charge is 0.387 e. The summed E-state index contributed by atoms with van der Waals surface area (Å²) in [5.41, 5.74) is 1.91. The Hall–Kier alpha value is -1.28. The number of aliphatic hydroxyl groups is 3. The average molecular weight is 405 g/mol. The van der Waals surface area contributed by atoms with E-state index in [4.69, 9.17) is 27.9 Å². The molecule has 0 spiro atoms. The van der Waals surface area contributed by atoms with E-state index >= 15 is 0 Å². The first-order valence-electron chi connectivity index (χ1n) is 7.80. The number of ether oxygens (including phenoxy) is 1. The molecule has 1 aliphatic heterocycles. The van der Waals surface area contributed by atoms with Crippen molar-refractivity contribution in [1.29, 1.82) is 0 Å². The van der Waals surface area contributed by atoms with Gasteiger partial charge < -0.3 is 20.1 Å². The fourth-order valence-electron chi connectivity index (χ4n) is 2.85. The van der Waals surface area contributed by atoms with Gasteiger partial charge in [0.15, 0.2) is 6.10 Å². The molecule has 3 N–H and O–H groups in total. The Balaban J connectivity index is 1.88. The van der Waals surface area contributed by atoms with Gasteiger partial charge in [0.05, 0.1) is 0 Å². The highest BCUT2D eigenvalue weighted by Crippen LogP contribution is 2.40. The highest BCUT2D eigenvalue weighted by atomic mass is 35.5. The van der Waals surface area contributed by atoms with Crippen LogP contribution >= 0.6 is 23.2 Å². The zero-order valence-electron chi connectivity index (χ0n) is 13.3. The third kappa shape index (κ3) is 3.71. The number of aliphatic hydroxyl groups excluding tert-OH is 3. The van der Waals surface area contributed by atoms with Gasteiger partial charge >= 0.3 is 5.92 Å². The summed E-state index contributed by atoms with van der Waals surface area (Å²) in [7, 11) is 0. The molecule has 0 aromatic heterocycles. The van der Waals surface area contributed by atoms with Crippen LogP contribution in [0.4, 0.5) is 8.78 Å². The van der Waals surface area contributed by atoms with E-state index in [1.165, 1.54) is 6.07 Å². The van der Waals surface area contributed by atoms with Crippen LogP contribution in [0.2, 0.25) is 10.0 Å². The quantitative estimate of drug-likeness (QED) is 0.733. The molecule has 0 unspecified atom stereocenters. The molecule has 0 bridgehead atoms. The van der Waals surface area contributed by atoms with E-state index in [1.54, 1.807) is 24.3 Å². The number of halogens is 4. The lowest BCUT2D eigenvalue weighted by Gasteiger charge is -2.40. The van der Waals surface area contributed by atoms with Crippen molar-refractivity contribution in [2.75, 3.05) is 0 Å². The van der Waals surface area contributed by atoms with E-state index in [-0.39, 0.29) is 0 Å². The van der Waals surface area contributed by atoms with Crippen LogP contribution in [0.15, 0.2) is 42.5 Å². The number of alkyl halides is 2. The molecule has 2 aromatic rings. The predicted octanol–water partition coefficient (Wildman–Crippen LogP) is 3.33. The maximum atomic E-state index is 13.6. The van der Waals surface area contributed by atoms with Crippen molar-refractivity contribution in [3.63, 3.8) is 0 Å². The summed E-state index contributed by atoms with van der Waals surface area (Å²) in [4.78, 5) is 0. The van der Waals surface area contributed by atoms with Crippen molar-refractivity contribution in [3.8, 4) is 0 Å². The van der Waals surface area contributed by atoms with E-state index < -0.39 is 30.5 Å². The molecule has 1 heterocycles. The van der Waals surface area contributed by atoms with E-state index in [9.17, 15) is 24.1 Å². The Labute approximate surface area is 158 Å². The van der Waals surface area contributed by atoms with E-state index in [1.807, 2.05) is 12.1 Å². The lowest BCUT2D eigenvalue weighted by molar-refractivity contribution is -0.345. The first-order chi connectivity index (χ1) is 12.2. The summed E-state index contributed by atoms with van der Waals surface area (Å²) in [6, 6.07) is 11.7. The van der Waals surface area contributed by atoms with Gasteiger partial charge in [0.1, 0.15) is 12.2 Å². The minimum atomic E-state index is -3.96. The van der Waals surface area contributed by atoms with Gasteiger partial charge in [-0.1, -0.05) is 47.5 Å². The minimum Gasteiger partial charge on any atom is -0.387 e. The SMILES string of the molecule is O[C@@H]1[C@@H](O)C(F)(F)[C@@H](O)O[C@H]1c1ccc(Cl)c(Cc2ccc(Cl)cc2)c1. The molecule has 26 heavy (non-hydrogen) atoms. The van der Waals surface area contributed by atoms with Crippen LogP contribution in [0.3, 0.4) is 0 Å². The summed E-state index contributed by atoms with van der Waals surface area (Å²) < 4.78 is 32.0. The maximum Gasteiger partial charge on any atom is 0.325 e. The Bertz CT molecular complexity index is 785. The molecule has 8 heteroatoms. The van der Waals surface area contributed by atoms with E-state index in [0.29, 0.717) is 27.6 Å². The molecule has 0 saturated carbocycles. The van der Waals surface area contributed by atoms with Crippen molar-refractivity contribution in [3.05, 3.63) is 69.2 Å². The normalized spacial score (nSPS) is 28.1. The molecule has 0 aliphatic carbocycles. The number of rotatable bonds is 3. The summed E-state index contributed by atoms with van der Waals surface area (Å²) >= 11 is 12.1. The fourth-order valence-corrected chi connectivity index (χ4v) is 3.16. The molecule has 2 aromatic carbocycles. The zero-order valence-corrected chi connectivity index (χ0v) is 14.8. The van der Waals surface area contributed by atoms with Gasteiger partial charge in [-0.15, -0.1) is 0 Å². The Morgan fingerprint density at radius 3 is 2.31 bits per heavy atom. The van der Waals surface area contributed by atoms with Crippen LogP contribution in [0, 0.1) is 0 Å². The molecule has 1 aliphatic rings. The first kappa shape index (κ1) is 19.5. The van der Waals surface area contributed by atoms with Crippen LogP contribution in [0.5, 0.6) is 0 Å². The van der Waals surface area contributed by atoms with E-state index in [0.717, 1.165) is 5.56 Å². The van der Waals surface area contributed by atoms with Gasteiger partial charge in [0, 0.05) is 10.0 Å². The first-order valence-corrected chi connectivity index (χ1v) is 8.56. The Morgan fingerprint density at radius 2 is 1.65 bits per heavy atom. The van der Waals surface area contributed by atoms with Gasteiger partial charge in [0.25, 0.3) is 0 Å². The molecule has 1 fully saturated rings. The van der Waals surface area contributed by atoms with Gasteiger partial charge in [-0.05, 0) is 41.3 Å². The molecule has 0 amide bonds. The summed E-state index contributed by atoms with van der Waals surface area (Å²) in [5, 5.41) is 30.1. The van der Waals surface area contributed by atoms with Crippen molar-refractivity contribution in [2.45, 2.75) is 36.9 Å². The topological polar surface area (TPSA) is 69.9 Å². The highest BCUT2D eigenvalue weighted by Gasteiger charge is 2.57. The Morgan fingerprint density at radius 1 is 1.00 bits per heavy atom. The maximum absolute atomic E-state index is 13.6. The predicted molar refractivity (Wildman–Crippen MR) is 92.5 cm³/mol. The van der Waals surface area contributed by atoms with Crippen molar-refractivity contribution in [2.24, 2.45) is 0 Å². The number of hydrogen-bond donors (Lipinski definition) is 3. The minimum absolute atomic E-state index is 0.319. The molecular weight excluding hydrogens is 389 g/mol. The van der Waals surface area contributed by atoms with Crippen LogP contribution in [-0.4, -0.2) is 39.7 Å². The van der Waals surface area contributed by atoms with Crippen LogP contribution in [-0.2, 0) is 11.2 Å². The lowest BCUT2D eigenvalue weighted by Crippen LogP contribution is -2.58. The molecule has 140 valence electrons. The number of hydrogen-bond acceptors (Lipinski definition) is 4. The molecule has 4 atom stereocenters. The second-order valence-corrected chi connectivity index (χ2v) is 7.02. The van der Waals surface area contributed by atoms with Crippen molar-refractivity contribution < 1.29 is 28.8 Å². The molecule has 1 saturated heterocycles. The smallest absolute Gasteiger partial charge is 0.325 e.